The summed E-state index contributed by atoms with van der Waals surface area (Å²) in [5.74, 6) is -0.872. The quantitative estimate of drug-likeness (QED) is 0.831. The Morgan fingerprint density at radius 2 is 1.84 bits per heavy atom. The van der Waals surface area contributed by atoms with Gasteiger partial charge in [0.05, 0.1) is 5.56 Å². The van der Waals surface area contributed by atoms with E-state index in [1.165, 1.54) is 0 Å². The van der Waals surface area contributed by atoms with Gasteiger partial charge in [0.25, 0.3) is 0 Å². The van der Waals surface area contributed by atoms with Gasteiger partial charge < -0.3 is 9.53 Å². The van der Waals surface area contributed by atoms with E-state index >= 15 is 0 Å². The smallest absolute Gasteiger partial charge is 0.335 e. The second-order valence-electron chi connectivity index (χ2n) is 6.32. The minimum absolute atomic E-state index is 0.180. The summed E-state index contributed by atoms with van der Waals surface area (Å²) in [7, 11) is -1.75. The van der Waals surface area contributed by atoms with Crippen molar-refractivity contribution < 1.29 is 14.3 Å². The summed E-state index contributed by atoms with van der Waals surface area (Å²) in [4.78, 5) is 11.1. The lowest BCUT2D eigenvalue weighted by molar-refractivity contribution is 0.0695. The molecule has 1 aromatic carbocycles. The van der Waals surface area contributed by atoms with Crippen LogP contribution < -0.4 is 0 Å². The molecule has 3 nitrogen and oxygen atoms in total. The molecule has 0 saturated heterocycles. The summed E-state index contributed by atoms with van der Waals surface area (Å²) in [6.45, 7) is 11.6. The van der Waals surface area contributed by atoms with Gasteiger partial charge in [-0.1, -0.05) is 39.0 Å². The summed E-state index contributed by atoms with van der Waals surface area (Å²) < 4.78 is 6.08. The van der Waals surface area contributed by atoms with Crippen LogP contribution in [0.5, 0.6) is 0 Å². The van der Waals surface area contributed by atoms with E-state index < -0.39 is 14.3 Å². The van der Waals surface area contributed by atoms with Crippen molar-refractivity contribution in [2.24, 2.45) is 0 Å². The molecule has 0 aromatic heterocycles. The summed E-state index contributed by atoms with van der Waals surface area (Å²) in [5, 5.41) is 9.30. The van der Waals surface area contributed by atoms with E-state index in [-0.39, 0.29) is 5.04 Å². The Hall–Kier alpha value is -1.13. The van der Waals surface area contributed by atoms with Crippen LogP contribution in [0.3, 0.4) is 0 Å². The lowest BCUT2D eigenvalue weighted by atomic mass is 10.1. The van der Waals surface area contributed by atoms with Gasteiger partial charge in [0, 0.05) is 6.61 Å². The Bertz CT molecular complexity index is 447. The molecular formula is C15H24O3Si. The van der Waals surface area contributed by atoms with Gasteiger partial charge in [-0.05, 0) is 36.2 Å². The third kappa shape index (κ3) is 4.18. The van der Waals surface area contributed by atoms with Gasteiger partial charge in [-0.25, -0.2) is 4.79 Å². The minimum Gasteiger partial charge on any atom is -0.478 e. The first kappa shape index (κ1) is 15.9. The molecule has 0 aliphatic carbocycles. The van der Waals surface area contributed by atoms with Crippen LogP contribution in [-0.4, -0.2) is 26.0 Å². The summed E-state index contributed by atoms with van der Waals surface area (Å²) >= 11 is 0. The first-order chi connectivity index (χ1) is 8.65. The largest absolute Gasteiger partial charge is 0.478 e. The Kier molecular flexibility index (Phi) is 4.93. The zero-order valence-electron chi connectivity index (χ0n) is 12.5. The number of rotatable bonds is 5. The van der Waals surface area contributed by atoms with Crippen molar-refractivity contribution in [3.8, 4) is 0 Å². The van der Waals surface area contributed by atoms with Crippen molar-refractivity contribution in [1.82, 2.24) is 0 Å². The molecule has 0 bridgehead atoms. The standard InChI is InChI=1S/C15H24O3Si/c1-15(2,3)19(4,5)18-11-10-12-8-6-7-9-13(12)14(16)17/h6-9H,10-11H2,1-5H3,(H,16,17). The molecule has 0 amide bonds. The minimum atomic E-state index is -1.75. The van der Waals surface area contributed by atoms with E-state index in [0.29, 0.717) is 18.6 Å². The molecule has 1 N–H and O–H groups in total. The van der Waals surface area contributed by atoms with Gasteiger partial charge in [0.15, 0.2) is 8.32 Å². The van der Waals surface area contributed by atoms with Crippen LogP contribution in [-0.2, 0) is 10.8 Å². The van der Waals surface area contributed by atoms with Crippen LogP contribution in [0.1, 0.15) is 36.7 Å². The second-order valence-corrected chi connectivity index (χ2v) is 11.1. The van der Waals surface area contributed by atoms with Crippen LogP contribution >= 0.6 is 0 Å². The highest BCUT2D eigenvalue weighted by Gasteiger charge is 2.36. The van der Waals surface area contributed by atoms with Gasteiger partial charge in [-0.15, -0.1) is 0 Å². The molecule has 4 heteroatoms. The molecule has 0 heterocycles. The van der Waals surface area contributed by atoms with Crippen LogP contribution in [0.4, 0.5) is 0 Å². The van der Waals surface area contributed by atoms with Crippen molar-refractivity contribution in [1.29, 1.82) is 0 Å². The lowest BCUT2D eigenvalue weighted by Gasteiger charge is -2.36. The van der Waals surface area contributed by atoms with Crippen molar-refractivity contribution in [2.75, 3.05) is 6.61 Å². The number of benzene rings is 1. The number of carboxylic acids is 1. The normalized spacial score (nSPS) is 12.5. The molecule has 0 spiro atoms. The monoisotopic (exact) mass is 280 g/mol. The number of aromatic carboxylic acids is 1. The van der Waals surface area contributed by atoms with Crippen molar-refractivity contribution in [2.45, 2.75) is 45.3 Å². The zero-order valence-corrected chi connectivity index (χ0v) is 13.5. The van der Waals surface area contributed by atoms with E-state index in [4.69, 9.17) is 9.53 Å². The van der Waals surface area contributed by atoms with E-state index in [9.17, 15) is 4.79 Å². The second kappa shape index (κ2) is 5.88. The van der Waals surface area contributed by atoms with E-state index in [0.717, 1.165) is 5.56 Å². The maximum absolute atomic E-state index is 11.1. The van der Waals surface area contributed by atoms with E-state index in [2.05, 4.69) is 33.9 Å². The summed E-state index contributed by atoms with van der Waals surface area (Å²) in [6, 6.07) is 7.12. The summed E-state index contributed by atoms with van der Waals surface area (Å²) in [6.07, 6.45) is 0.648. The highest BCUT2D eigenvalue weighted by molar-refractivity contribution is 6.74. The maximum atomic E-state index is 11.1. The molecular weight excluding hydrogens is 256 g/mol. The fraction of sp³-hybridized carbons (Fsp3) is 0.533. The maximum Gasteiger partial charge on any atom is 0.335 e. The molecule has 0 fully saturated rings. The highest BCUT2D eigenvalue weighted by Crippen LogP contribution is 2.36. The first-order valence-corrected chi connectivity index (χ1v) is 9.51. The van der Waals surface area contributed by atoms with Crippen LogP contribution in [0, 0.1) is 0 Å². The third-order valence-corrected chi connectivity index (χ3v) is 8.43. The molecule has 0 aliphatic heterocycles. The number of hydrogen-bond acceptors (Lipinski definition) is 2. The lowest BCUT2D eigenvalue weighted by Crippen LogP contribution is -2.41. The van der Waals surface area contributed by atoms with E-state index in [1.807, 2.05) is 12.1 Å². The Morgan fingerprint density at radius 1 is 1.26 bits per heavy atom. The predicted molar refractivity (Wildman–Crippen MR) is 80.3 cm³/mol. The molecule has 19 heavy (non-hydrogen) atoms. The average molecular weight is 280 g/mol. The van der Waals surface area contributed by atoms with Gasteiger partial charge in [0.2, 0.25) is 0 Å². The first-order valence-electron chi connectivity index (χ1n) is 6.60. The predicted octanol–water partition coefficient (Wildman–Crippen LogP) is 3.95. The number of hydrogen-bond donors (Lipinski definition) is 1. The van der Waals surface area contributed by atoms with Crippen molar-refractivity contribution in [3.63, 3.8) is 0 Å². The molecule has 0 radical (unpaired) electrons. The molecule has 0 unspecified atom stereocenters. The fourth-order valence-corrected chi connectivity index (χ4v) is 2.62. The Labute approximate surface area is 116 Å². The SMILES string of the molecule is CC(C)(C)[Si](C)(C)OCCc1ccccc1C(=O)O. The van der Waals surface area contributed by atoms with Gasteiger partial charge in [-0.3, -0.25) is 0 Å². The van der Waals surface area contributed by atoms with Gasteiger partial charge in [-0.2, -0.15) is 0 Å². The van der Waals surface area contributed by atoms with Crippen molar-refractivity contribution >= 4 is 14.3 Å². The van der Waals surface area contributed by atoms with Crippen molar-refractivity contribution in [3.05, 3.63) is 35.4 Å². The van der Waals surface area contributed by atoms with Crippen LogP contribution in [0.25, 0.3) is 0 Å². The van der Waals surface area contributed by atoms with Crippen LogP contribution in [0.2, 0.25) is 18.1 Å². The van der Waals surface area contributed by atoms with E-state index in [1.54, 1.807) is 12.1 Å². The van der Waals surface area contributed by atoms with Crippen LogP contribution in [0.15, 0.2) is 24.3 Å². The Balaban J connectivity index is 2.67. The molecule has 0 atom stereocenters. The molecule has 0 aliphatic rings. The number of carbonyl (C=O) groups is 1. The molecule has 0 saturated carbocycles. The number of carboxylic acid groups (broad SMARTS) is 1. The molecule has 1 rings (SSSR count). The summed E-state index contributed by atoms with van der Waals surface area (Å²) in [5.41, 5.74) is 1.22. The average Bonchev–Trinajstić information content (AvgIpc) is 2.27. The zero-order chi connectivity index (χ0) is 14.7. The van der Waals surface area contributed by atoms with Gasteiger partial charge >= 0.3 is 5.97 Å². The molecule has 106 valence electrons. The highest BCUT2D eigenvalue weighted by atomic mass is 28.4. The molecule has 1 aromatic rings. The third-order valence-electron chi connectivity index (χ3n) is 3.89. The fourth-order valence-electron chi connectivity index (χ4n) is 1.58. The van der Waals surface area contributed by atoms with Gasteiger partial charge in [0.1, 0.15) is 0 Å². The topological polar surface area (TPSA) is 46.5 Å². The Morgan fingerprint density at radius 3 is 2.37 bits per heavy atom.